The fraction of sp³-hybridized carbons (Fsp3) is 0.786. The minimum atomic E-state index is -1.72. The standard InChI is InChI=1S/C28H48N6O12/c1-19(27(44)34-4-2-3-22(34)28(45)46)29-26(43)20(18-35)13-21(36)14-30-5-7-31(15-23(37)38)9-11-33(17-25(41)42)12-10-32(8-6-30)16-24(39)40/h19-20,22,28,35,45-46H,2-18H2,1H3,(H,29,43)(H,37,38)(H,39,40)(H,41,42)/t19-,20+,22+/m1/s1. The van der Waals surface area contributed by atoms with Crippen molar-refractivity contribution in [2.24, 2.45) is 5.92 Å². The van der Waals surface area contributed by atoms with Gasteiger partial charge in [0.05, 0.1) is 44.7 Å². The summed E-state index contributed by atoms with van der Waals surface area (Å²) in [5.74, 6) is -6.05. The Morgan fingerprint density at radius 3 is 1.48 bits per heavy atom. The van der Waals surface area contributed by atoms with Crippen molar-refractivity contribution in [1.29, 1.82) is 0 Å². The van der Waals surface area contributed by atoms with Crippen LogP contribution in [0.1, 0.15) is 26.2 Å². The topological polar surface area (TPSA) is 252 Å². The summed E-state index contributed by atoms with van der Waals surface area (Å²) in [7, 11) is 0. The molecule has 18 nitrogen and oxygen atoms in total. The van der Waals surface area contributed by atoms with Gasteiger partial charge in [-0.25, -0.2) is 0 Å². The monoisotopic (exact) mass is 660 g/mol. The summed E-state index contributed by atoms with van der Waals surface area (Å²) in [6, 6.07) is -1.83. The highest BCUT2D eigenvalue weighted by Crippen LogP contribution is 2.20. The average Bonchev–Trinajstić information content (AvgIpc) is 3.46. The van der Waals surface area contributed by atoms with Gasteiger partial charge in [0, 0.05) is 65.3 Å². The second kappa shape index (κ2) is 19.4. The van der Waals surface area contributed by atoms with E-state index in [1.807, 2.05) is 0 Å². The van der Waals surface area contributed by atoms with Crippen molar-refractivity contribution in [2.45, 2.75) is 44.6 Å². The largest absolute Gasteiger partial charge is 0.480 e. The number of nitrogens with one attached hydrogen (secondary N) is 1. The molecule has 2 aliphatic heterocycles. The molecule has 3 atom stereocenters. The Morgan fingerprint density at radius 1 is 0.696 bits per heavy atom. The average molecular weight is 661 g/mol. The molecule has 7 N–H and O–H groups in total. The van der Waals surface area contributed by atoms with Crippen LogP contribution < -0.4 is 5.32 Å². The van der Waals surface area contributed by atoms with Gasteiger partial charge in [-0.05, 0) is 19.8 Å². The molecule has 2 heterocycles. The lowest BCUT2D eigenvalue weighted by Gasteiger charge is -2.33. The molecule has 2 aliphatic rings. The van der Waals surface area contributed by atoms with Crippen molar-refractivity contribution in [1.82, 2.24) is 29.8 Å². The van der Waals surface area contributed by atoms with E-state index in [0.29, 0.717) is 19.4 Å². The number of rotatable bonds is 15. The summed E-state index contributed by atoms with van der Waals surface area (Å²) in [5, 5.41) is 59.5. The van der Waals surface area contributed by atoms with Gasteiger partial charge in [-0.15, -0.1) is 0 Å². The molecule has 0 unspecified atom stereocenters. The molecule has 0 aromatic carbocycles. The molecule has 2 amide bonds. The number of nitrogens with zero attached hydrogens (tertiary/aromatic N) is 5. The van der Waals surface area contributed by atoms with Crippen molar-refractivity contribution in [3.8, 4) is 0 Å². The van der Waals surface area contributed by atoms with Crippen LogP contribution in [0.2, 0.25) is 0 Å². The minimum absolute atomic E-state index is 0.172. The summed E-state index contributed by atoms with van der Waals surface area (Å²) in [6.07, 6.45) is -1.10. The number of hydrogen-bond acceptors (Lipinski definition) is 13. The van der Waals surface area contributed by atoms with Gasteiger partial charge in [0.1, 0.15) is 11.8 Å². The maximum atomic E-state index is 13.1. The van der Waals surface area contributed by atoms with E-state index in [-0.39, 0.29) is 85.0 Å². The Balaban J connectivity index is 2.07. The first-order valence-corrected chi connectivity index (χ1v) is 15.3. The Labute approximate surface area is 267 Å². The molecule has 0 spiro atoms. The van der Waals surface area contributed by atoms with E-state index < -0.39 is 66.4 Å². The third-order valence-corrected chi connectivity index (χ3v) is 8.13. The summed E-state index contributed by atoms with van der Waals surface area (Å²) in [5.41, 5.74) is 0. The first kappa shape index (κ1) is 38.9. The molecule has 0 saturated carbocycles. The third kappa shape index (κ3) is 13.6. The fourth-order valence-corrected chi connectivity index (χ4v) is 5.63. The van der Waals surface area contributed by atoms with Gasteiger partial charge in [0.25, 0.3) is 0 Å². The molecule has 2 saturated heterocycles. The zero-order chi connectivity index (χ0) is 34.4. The number of aliphatic hydroxyl groups excluding tert-OH is 2. The third-order valence-electron chi connectivity index (χ3n) is 8.13. The first-order chi connectivity index (χ1) is 21.7. The second-order valence-electron chi connectivity index (χ2n) is 11.8. The summed E-state index contributed by atoms with van der Waals surface area (Å²) >= 11 is 0. The second-order valence-corrected chi connectivity index (χ2v) is 11.8. The van der Waals surface area contributed by atoms with Crippen LogP contribution in [0.15, 0.2) is 0 Å². The number of ketones is 1. The van der Waals surface area contributed by atoms with Gasteiger partial charge in [0.2, 0.25) is 11.8 Å². The van der Waals surface area contributed by atoms with Crippen LogP contribution in [0.4, 0.5) is 0 Å². The molecule has 18 heteroatoms. The molecule has 2 fully saturated rings. The maximum Gasteiger partial charge on any atom is 0.317 e. The number of Topliss-reactive ketones (excluding diaryl/α,β-unsaturated/α-hetero) is 1. The molecule has 0 radical (unpaired) electrons. The van der Waals surface area contributed by atoms with E-state index in [1.54, 1.807) is 19.6 Å². The molecule has 2 rings (SSSR count). The molecule has 0 aliphatic carbocycles. The molecular formula is C28H48N6O12. The molecule has 0 aromatic rings. The Hall–Kier alpha value is -3.26. The predicted molar refractivity (Wildman–Crippen MR) is 159 cm³/mol. The number of likely N-dealkylation sites (tertiary alicyclic amines) is 1. The highest BCUT2D eigenvalue weighted by molar-refractivity contribution is 5.91. The molecular weight excluding hydrogens is 612 g/mol. The van der Waals surface area contributed by atoms with Gasteiger partial charge < -0.3 is 40.9 Å². The van der Waals surface area contributed by atoms with Crippen molar-refractivity contribution >= 4 is 35.5 Å². The number of amides is 2. The zero-order valence-corrected chi connectivity index (χ0v) is 26.2. The van der Waals surface area contributed by atoms with Crippen LogP contribution in [-0.4, -0.2) is 201 Å². The molecule has 0 aromatic heterocycles. The van der Waals surface area contributed by atoms with Gasteiger partial charge in [-0.1, -0.05) is 0 Å². The van der Waals surface area contributed by atoms with Crippen molar-refractivity contribution in [3.05, 3.63) is 0 Å². The highest BCUT2D eigenvalue weighted by Gasteiger charge is 2.36. The van der Waals surface area contributed by atoms with E-state index in [2.05, 4.69) is 5.32 Å². The molecule has 0 bridgehead atoms. The summed E-state index contributed by atoms with van der Waals surface area (Å²) < 4.78 is 0. The van der Waals surface area contributed by atoms with E-state index in [1.165, 1.54) is 11.8 Å². The number of carboxylic acids is 3. The van der Waals surface area contributed by atoms with Crippen molar-refractivity contribution in [3.63, 3.8) is 0 Å². The normalized spacial score (nSPS) is 21.2. The number of hydrogen-bond donors (Lipinski definition) is 7. The SMILES string of the molecule is C[C@@H](NC(=O)[C@H](CO)CC(=O)CN1CCN(CC(=O)O)CCN(CC(=O)O)CCN(CC(=O)O)CC1)C(=O)N1CCC[C@H]1C(O)O. The van der Waals surface area contributed by atoms with Gasteiger partial charge >= 0.3 is 17.9 Å². The molecule has 46 heavy (non-hydrogen) atoms. The van der Waals surface area contributed by atoms with Crippen LogP contribution in [0.3, 0.4) is 0 Å². The highest BCUT2D eigenvalue weighted by atomic mass is 16.5. The van der Waals surface area contributed by atoms with E-state index in [4.69, 9.17) is 0 Å². The lowest BCUT2D eigenvalue weighted by molar-refractivity contribution is -0.146. The van der Waals surface area contributed by atoms with Crippen LogP contribution in [0, 0.1) is 5.92 Å². The van der Waals surface area contributed by atoms with Gasteiger partial charge in [-0.2, -0.15) is 0 Å². The predicted octanol–water partition coefficient (Wildman–Crippen LogP) is -4.16. The maximum absolute atomic E-state index is 13.1. The smallest absolute Gasteiger partial charge is 0.317 e. The lowest BCUT2D eigenvalue weighted by atomic mass is 10.0. The molecule has 262 valence electrons. The van der Waals surface area contributed by atoms with E-state index >= 15 is 0 Å². The van der Waals surface area contributed by atoms with E-state index in [0.717, 1.165) is 0 Å². The van der Waals surface area contributed by atoms with Crippen LogP contribution in [-0.2, 0) is 28.8 Å². The Kier molecular flexibility index (Phi) is 16.4. The van der Waals surface area contributed by atoms with Crippen LogP contribution in [0.5, 0.6) is 0 Å². The van der Waals surface area contributed by atoms with E-state index in [9.17, 15) is 59.4 Å². The number of aliphatic carboxylic acids is 3. The van der Waals surface area contributed by atoms with Crippen molar-refractivity contribution in [2.75, 3.05) is 91.7 Å². The number of carboxylic acid groups (broad SMARTS) is 3. The lowest BCUT2D eigenvalue weighted by Crippen LogP contribution is -2.52. The Morgan fingerprint density at radius 2 is 1.11 bits per heavy atom. The van der Waals surface area contributed by atoms with Gasteiger partial charge in [-0.3, -0.25) is 48.4 Å². The zero-order valence-electron chi connectivity index (χ0n) is 26.2. The first-order valence-electron chi connectivity index (χ1n) is 15.3. The van der Waals surface area contributed by atoms with Crippen LogP contribution >= 0.6 is 0 Å². The minimum Gasteiger partial charge on any atom is -0.480 e. The van der Waals surface area contributed by atoms with Crippen molar-refractivity contribution < 1.29 is 59.4 Å². The quantitative estimate of drug-likeness (QED) is 0.0823. The number of carbonyl (C=O) groups excluding carboxylic acids is 3. The van der Waals surface area contributed by atoms with Gasteiger partial charge in [0.15, 0.2) is 6.29 Å². The summed E-state index contributed by atoms with van der Waals surface area (Å²) in [6.45, 7) is 1.72. The Bertz CT molecular complexity index is 1030. The van der Waals surface area contributed by atoms with Crippen LogP contribution in [0.25, 0.3) is 0 Å². The number of carbonyl (C=O) groups is 6. The summed E-state index contributed by atoms with van der Waals surface area (Å²) in [4.78, 5) is 81.0. The fourth-order valence-electron chi connectivity index (χ4n) is 5.63. The number of aliphatic hydroxyl groups is 3.